The zero-order valence-corrected chi connectivity index (χ0v) is 15.5. The second kappa shape index (κ2) is 7.74. The number of pyridine rings is 1. The van der Waals surface area contributed by atoms with E-state index < -0.39 is 6.10 Å². The van der Waals surface area contributed by atoms with Gasteiger partial charge in [-0.15, -0.1) is 0 Å². The van der Waals surface area contributed by atoms with E-state index in [-0.39, 0.29) is 11.9 Å². The van der Waals surface area contributed by atoms with E-state index in [0.29, 0.717) is 24.1 Å². The fraction of sp³-hybridized carbons (Fsp3) is 0.476. The van der Waals surface area contributed by atoms with Gasteiger partial charge in [-0.25, -0.2) is 0 Å². The summed E-state index contributed by atoms with van der Waals surface area (Å²) in [4.78, 5) is 6.42. The number of methoxy groups -OCH3 is 1. The Hall–Kier alpha value is -2.31. The number of benzene rings is 1. The molecule has 2 aromatic rings. The van der Waals surface area contributed by atoms with E-state index in [1.165, 1.54) is 6.20 Å². The zero-order chi connectivity index (χ0) is 18.8. The van der Waals surface area contributed by atoms with Gasteiger partial charge in [-0.2, -0.15) is 0 Å². The number of nitrogens with zero attached hydrogens (tertiary/aromatic N) is 2. The molecule has 1 saturated heterocycles. The van der Waals surface area contributed by atoms with E-state index in [4.69, 9.17) is 9.47 Å². The quantitative estimate of drug-likeness (QED) is 0.814. The molecule has 6 nitrogen and oxygen atoms in total. The molecule has 4 rings (SSSR count). The fourth-order valence-electron chi connectivity index (χ4n) is 4.39. The van der Waals surface area contributed by atoms with Crippen molar-refractivity contribution in [2.75, 3.05) is 26.7 Å². The molecule has 1 aromatic heterocycles. The Labute approximate surface area is 159 Å². The van der Waals surface area contributed by atoms with Gasteiger partial charge in [0.1, 0.15) is 23.4 Å². The Bertz CT molecular complexity index is 753. The van der Waals surface area contributed by atoms with Crippen molar-refractivity contribution in [2.45, 2.75) is 25.0 Å². The third-order valence-corrected chi connectivity index (χ3v) is 5.67. The minimum absolute atomic E-state index is 0.115. The van der Waals surface area contributed by atoms with Crippen LogP contribution in [0.1, 0.15) is 24.6 Å². The molecule has 1 saturated carbocycles. The number of aromatic hydroxyl groups is 1. The van der Waals surface area contributed by atoms with Gasteiger partial charge in [-0.1, -0.05) is 6.07 Å². The van der Waals surface area contributed by atoms with Crippen molar-refractivity contribution in [1.82, 2.24) is 9.88 Å². The Kier molecular flexibility index (Phi) is 5.18. The summed E-state index contributed by atoms with van der Waals surface area (Å²) in [5.74, 6) is 3.02. The van der Waals surface area contributed by atoms with Crippen LogP contribution >= 0.6 is 0 Å². The summed E-state index contributed by atoms with van der Waals surface area (Å²) in [5.41, 5.74) is 0.601. The standard InChI is InChI=1S/C21H26N2O4/c1-26-17-3-2-4-18(9-17)27-19-7-14-11-23(12-15(14)8-19)13-21(25)20-6-5-16(24)10-22-20/h2-6,9-10,14-15,19,21,24-25H,7-8,11-13H2,1H3/t14-,15+,19+,21?. The van der Waals surface area contributed by atoms with Crippen LogP contribution in [-0.4, -0.2) is 52.9 Å². The van der Waals surface area contributed by atoms with Crippen molar-refractivity contribution >= 4 is 0 Å². The van der Waals surface area contributed by atoms with E-state index in [9.17, 15) is 10.2 Å². The average Bonchev–Trinajstić information content (AvgIpc) is 3.20. The molecule has 2 heterocycles. The number of rotatable bonds is 6. The first kappa shape index (κ1) is 18.1. The van der Waals surface area contributed by atoms with Gasteiger partial charge in [-0.3, -0.25) is 9.88 Å². The number of hydrogen-bond donors (Lipinski definition) is 2. The maximum absolute atomic E-state index is 10.4. The fourth-order valence-corrected chi connectivity index (χ4v) is 4.39. The molecule has 1 aliphatic heterocycles. The summed E-state index contributed by atoms with van der Waals surface area (Å²) in [6.45, 7) is 2.54. The number of β-amino-alcohol motifs (C(OH)–C–C–N with tert-alkyl or cyclic N) is 1. The van der Waals surface area contributed by atoms with Gasteiger partial charge >= 0.3 is 0 Å². The summed E-state index contributed by atoms with van der Waals surface area (Å²) in [6.07, 6.45) is 3.08. The highest BCUT2D eigenvalue weighted by molar-refractivity contribution is 5.33. The maximum Gasteiger partial charge on any atom is 0.133 e. The smallest absolute Gasteiger partial charge is 0.133 e. The van der Waals surface area contributed by atoms with E-state index in [0.717, 1.165) is 37.4 Å². The van der Waals surface area contributed by atoms with Crippen LogP contribution in [0.25, 0.3) is 0 Å². The Morgan fingerprint density at radius 1 is 1.15 bits per heavy atom. The minimum atomic E-state index is -0.631. The number of ether oxygens (including phenoxy) is 2. The first-order valence-corrected chi connectivity index (χ1v) is 9.46. The van der Waals surface area contributed by atoms with Crippen molar-refractivity contribution < 1.29 is 19.7 Å². The molecule has 144 valence electrons. The van der Waals surface area contributed by atoms with Gasteiger partial charge in [0.25, 0.3) is 0 Å². The van der Waals surface area contributed by atoms with Crippen LogP contribution in [0, 0.1) is 11.8 Å². The second-order valence-corrected chi connectivity index (χ2v) is 7.59. The molecule has 0 bridgehead atoms. The van der Waals surface area contributed by atoms with Crippen LogP contribution in [0.4, 0.5) is 0 Å². The van der Waals surface area contributed by atoms with Gasteiger partial charge in [0, 0.05) is 25.7 Å². The highest BCUT2D eigenvalue weighted by Gasteiger charge is 2.42. The molecule has 1 aromatic carbocycles. The van der Waals surface area contributed by atoms with Gasteiger partial charge in [0.2, 0.25) is 0 Å². The summed E-state index contributed by atoms with van der Waals surface area (Å²) >= 11 is 0. The number of aliphatic hydroxyl groups is 1. The van der Waals surface area contributed by atoms with Crippen molar-refractivity contribution in [3.8, 4) is 17.2 Å². The van der Waals surface area contributed by atoms with Crippen LogP contribution in [-0.2, 0) is 0 Å². The van der Waals surface area contributed by atoms with E-state index in [1.54, 1.807) is 19.2 Å². The maximum atomic E-state index is 10.4. The first-order valence-electron chi connectivity index (χ1n) is 9.46. The SMILES string of the molecule is COc1cccc(O[C@H]2C[C@@H]3CN(CC(O)c4ccc(O)cn4)C[C@@H]3C2)c1. The lowest BCUT2D eigenvalue weighted by Gasteiger charge is -2.22. The molecule has 2 aliphatic rings. The normalized spacial score (nSPS) is 25.9. The third-order valence-electron chi connectivity index (χ3n) is 5.67. The Morgan fingerprint density at radius 3 is 2.56 bits per heavy atom. The van der Waals surface area contributed by atoms with Gasteiger partial charge in [0.15, 0.2) is 0 Å². The predicted molar refractivity (Wildman–Crippen MR) is 101 cm³/mol. The van der Waals surface area contributed by atoms with E-state index >= 15 is 0 Å². The van der Waals surface area contributed by atoms with Crippen molar-refractivity contribution in [3.05, 3.63) is 48.3 Å². The van der Waals surface area contributed by atoms with Gasteiger partial charge in [0.05, 0.1) is 25.1 Å². The topological polar surface area (TPSA) is 75.1 Å². The third kappa shape index (κ3) is 4.17. The summed E-state index contributed by atoms with van der Waals surface area (Å²) in [5, 5.41) is 19.7. The first-order chi connectivity index (χ1) is 13.1. The van der Waals surface area contributed by atoms with E-state index in [1.807, 2.05) is 24.3 Å². The number of fused-ring (bicyclic) bond motifs is 1. The molecular formula is C21H26N2O4. The number of aliphatic hydroxyl groups excluding tert-OH is 1. The largest absolute Gasteiger partial charge is 0.506 e. The molecule has 0 spiro atoms. The molecule has 2 fully saturated rings. The molecule has 4 atom stereocenters. The van der Waals surface area contributed by atoms with Crippen molar-refractivity contribution in [2.24, 2.45) is 11.8 Å². The van der Waals surface area contributed by atoms with Crippen LogP contribution in [0.2, 0.25) is 0 Å². The lowest BCUT2D eigenvalue weighted by atomic mass is 10.0. The van der Waals surface area contributed by atoms with E-state index in [2.05, 4.69) is 9.88 Å². The number of likely N-dealkylation sites (tertiary alicyclic amines) is 1. The van der Waals surface area contributed by atoms with Crippen LogP contribution in [0.15, 0.2) is 42.6 Å². The summed E-state index contributed by atoms with van der Waals surface area (Å²) in [7, 11) is 1.66. The highest BCUT2D eigenvalue weighted by Crippen LogP contribution is 2.40. The zero-order valence-electron chi connectivity index (χ0n) is 15.5. The molecule has 0 radical (unpaired) electrons. The number of hydrogen-bond acceptors (Lipinski definition) is 6. The van der Waals surface area contributed by atoms with Gasteiger partial charge < -0.3 is 19.7 Å². The van der Waals surface area contributed by atoms with Gasteiger partial charge in [-0.05, 0) is 48.9 Å². The number of aromatic nitrogens is 1. The lowest BCUT2D eigenvalue weighted by Crippen LogP contribution is -2.29. The minimum Gasteiger partial charge on any atom is -0.506 e. The lowest BCUT2D eigenvalue weighted by molar-refractivity contribution is 0.113. The highest BCUT2D eigenvalue weighted by atomic mass is 16.5. The van der Waals surface area contributed by atoms with Crippen LogP contribution in [0.3, 0.4) is 0 Å². The average molecular weight is 370 g/mol. The summed E-state index contributed by atoms with van der Waals surface area (Å²) in [6, 6.07) is 11.0. The molecule has 1 unspecified atom stereocenters. The molecule has 27 heavy (non-hydrogen) atoms. The van der Waals surface area contributed by atoms with Crippen LogP contribution < -0.4 is 9.47 Å². The Morgan fingerprint density at radius 2 is 1.89 bits per heavy atom. The molecule has 1 aliphatic carbocycles. The van der Waals surface area contributed by atoms with Crippen molar-refractivity contribution in [1.29, 1.82) is 0 Å². The molecule has 2 N–H and O–H groups in total. The van der Waals surface area contributed by atoms with Crippen LogP contribution in [0.5, 0.6) is 17.2 Å². The summed E-state index contributed by atoms with van der Waals surface area (Å²) < 4.78 is 11.4. The monoisotopic (exact) mass is 370 g/mol. The predicted octanol–water partition coefficient (Wildman–Crippen LogP) is 2.62. The molecular weight excluding hydrogens is 344 g/mol. The second-order valence-electron chi connectivity index (χ2n) is 7.59. The molecule has 6 heteroatoms. The molecule has 0 amide bonds. The Balaban J connectivity index is 1.28. The van der Waals surface area contributed by atoms with Crippen molar-refractivity contribution in [3.63, 3.8) is 0 Å².